The fourth-order valence-electron chi connectivity index (χ4n) is 3.50. The molecule has 0 spiro atoms. The van der Waals surface area contributed by atoms with Gasteiger partial charge in [0.2, 0.25) is 0 Å². The fourth-order valence-corrected chi connectivity index (χ4v) is 4.15. The summed E-state index contributed by atoms with van der Waals surface area (Å²) in [5, 5.41) is 4.28. The van der Waals surface area contributed by atoms with Gasteiger partial charge in [0.05, 0.1) is 11.4 Å². The lowest BCUT2D eigenvalue weighted by Gasteiger charge is -2.11. The lowest BCUT2D eigenvalue weighted by molar-refractivity contribution is 1.23. The fraction of sp³-hybridized carbons (Fsp3) is 0.0455. The SMILES string of the molecule is c1ccc(-c2cc(-c3ccsc3)nc3c2Cc2ccccc2-3)cc1. The van der Waals surface area contributed by atoms with Gasteiger partial charge >= 0.3 is 0 Å². The quantitative estimate of drug-likeness (QED) is 0.385. The van der Waals surface area contributed by atoms with Gasteiger partial charge in [0.25, 0.3) is 0 Å². The minimum atomic E-state index is 0.965. The Morgan fingerprint density at radius 1 is 0.792 bits per heavy atom. The van der Waals surface area contributed by atoms with Crippen LogP contribution in [0.1, 0.15) is 11.1 Å². The minimum Gasteiger partial charge on any atom is -0.247 e. The molecule has 0 radical (unpaired) electrons. The van der Waals surface area contributed by atoms with Gasteiger partial charge in [0.15, 0.2) is 0 Å². The molecule has 2 aromatic heterocycles. The maximum Gasteiger partial charge on any atom is 0.0753 e. The van der Waals surface area contributed by atoms with Crippen molar-refractivity contribution in [2.24, 2.45) is 0 Å². The van der Waals surface area contributed by atoms with Crippen LogP contribution in [-0.2, 0) is 6.42 Å². The van der Waals surface area contributed by atoms with Gasteiger partial charge in [-0.3, -0.25) is 0 Å². The molecular weight excluding hydrogens is 310 g/mol. The minimum absolute atomic E-state index is 0.965. The molecule has 0 amide bonds. The summed E-state index contributed by atoms with van der Waals surface area (Å²) in [7, 11) is 0. The molecule has 1 nitrogen and oxygen atoms in total. The van der Waals surface area contributed by atoms with E-state index in [0.717, 1.165) is 17.8 Å². The molecule has 1 aliphatic rings. The largest absolute Gasteiger partial charge is 0.247 e. The van der Waals surface area contributed by atoms with Crippen molar-refractivity contribution in [3.63, 3.8) is 0 Å². The Morgan fingerprint density at radius 3 is 2.46 bits per heavy atom. The van der Waals surface area contributed by atoms with Crippen LogP contribution < -0.4 is 0 Å². The monoisotopic (exact) mass is 325 g/mol. The van der Waals surface area contributed by atoms with Gasteiger partial charge in [0.1, 0.15) is 0 Å². The Bertz CT molecular complexity index is 1020. The van der Waals surface area contributed by atoms with Crippen LogP contribution >= 0.6 is 11.3 Å². The van der Waals surface area contributed by atoms with E-state index in [9.17, 15) is 0 Å². The maximum absolute atomic E-state index is 5.03. The van der Waals surface area contributed by atoms with Crippen LogP contribution in [0, 0.1) is 0 Å². The van der Waals surface area contributed by atoms with Crippen LogP contribution in [0.2, 0.25) is 0 Å². The van der Waals surface area contributed by atoms with Crippen LogP contribution in [0.5, 0.6) is 0 Å². The van der Waals surface area contributed by atoms with Gasteiger partial charge in [-0.05, 0) is 39.8 Å². The first-order valence-electron chi connectivity index (χ1n) is 8.10. The Labute approximate surface area is 145 Å². The van der Waals surface area contributed by atoms with Gasteiger partial charge in [-0.25, -0.2) is 4.98 Å². The van der Waals surface area contributed by atoms with Crippen molar-refractivity contribution in [2.75, 3.05) is 0 Å². The van der Waals surface area contributed by atoms with Gasteiger partial charge in [-0.2, -0.15) is 11.3 Å². The Morgan fingerprint density at radius 2 is 1.62 bits per heavy atom. The number of pyridine rings is 1. The zero-order chi connectivity index (χ0) is 15.9. The highest BCUT2D eigenvalue weighted by molar-refractivity contribution is 7.08. The molecule has 0 fully saturated rings. The second-order valence-corrected chi connectivity index (χ2v) is 6.87. The van der Waals surface area contributed by atoms with E-state index in [4.69, 9.17) is 4.98 Å². The van der Waals surface area contributed by atoms with Crippen LogP contribution in [-0.4, -0.2) is 4.98 Å². The highest BCUT2D eigenvalue weighted by Crippen LogP contribution is 2.42. The average Bonchev–Trinajstić information content (AvgIpc) is 3.29. The number of hydrogen-bond donors (Lipinski definition) is 0. The molecule has 0 saturated heterocycles. The third kappa shape index (κ3) is 2.11. The molecule has 0 N–H and O–H groups in total. The first kappa shape index (κ1) is 13.7. The van der Waals surface area contributed by atoms with Crippen molar-refractivity contribution >= 4 is 11.3 Å². The first-order chi connectivity index (χ1) is 11.9. The van der Waals surface area contributed by atoms with E-state index in [2.05, 4.69) is 77.5 Å². The van der Waals surface area contributed by atoms with Crippen molar-refractivity contribution in [3.05, 3.63) is 88.6 Å². The molecular formula is C22H15NS. The van der Waals surface area contributed by atoms with Gasteiger partial charge in [-0.15, -0.1) is 0 Å². The second-order valence-electron chi connectivity index (χ2n) is 6.09. The number of benzene rings is 2. The molecule has 0 unspecified atom stereocenters. The molecule has 24 heavy (non-hydrogen) atoms. The van der Waals surface area contributed by atoms with Crippen molar-refractivity contribution in [3.8, 4) is 33.6 Å². The standard InChI is InChI=1S/C22H15NS/c1-2-6-15(7-3-1)19-13-21(17-10-11-24-14-17)23-22-18-9-5-4-8-16(18)12-20(19)22/h1-11,13-14H,12H2. The van der Waals surface area contributed by atoms with Crippen molar-refractivity contribution in [2.45, 2.75) is 6.42 Å². The van der Waals surface area contributed by atoms with E-state index in [-0.39, 0.29) is 0 Å². The summed E-state index contributed by atoms with van der Waals surface area (Å²) in [6.07, 6.45) is 0.965. The molecule has 5 rings (SSSR count). The van der Waals surface area contributed by atoms with Crippen LogP contribution in [0.25, 0.3) is 33.6 Å². The van der Waals surface area contributed by atoms with E-state index in [0.29, 0.717) is 0 Å². The topological polar surface area (TPSA) is 12.9 Å². The summed E-state index contributed by atoms with van der Waals surface area (Å²) in [6.45, 7) is 0. The zero-order valence-corrected chi connectivity index (χ0v) is 13.9. The van der Waals surface area contributed by atoms with Crippen LogP contribution in [0.15, 0.2) is 77.5 Å². The van der Waals surface area contributed by atoms with Crippen molar-refractivity contribution in [1.82, 2.24) is 4.98 Å². The first-order valence-corrected chi connectivity index (χ1v) is 9.04. The number of thiophene rings is 1. The van der Waals surface area contributed by atoms with Gasteiger partial charge < -0.3 is 0 Å². The van der Waals surface area contributed by atoms with Gasteiger partial charge in [-0.1, -0.05) is 54.6 Å². The van der Waals surface area contributed by atoms with E-state index >= 15 is 0 Å². The predicted molar refractivity (Wildman–Crippen MR) is 101 cm³/mol. The molecule has 114 valence electrons. The third-order valence-electron chi connectivity index (χ3n) is 4.67. The molecule has 2 heteroatoms. The summed E-state index contributed by atoms with van der Waals surface area (Å²) in [4.78, 5) is 5.03. The smallest absolute Gasteiger partial charge is 0.0753 e. The lowest BCUT2D eigenvalue weighted by Crippen LogP contribution is -1.93. The highest BCUT2D eigenvalue weighted by Gasteiger charge is 2.24. The summed E-state index contributed by atoms with van der Waals surface area (Å²) in [5.74, 6) is 0. The van der Waals surface area contributed by atoms with Crippen LogP contribution in [0.3, 0.4) is 0 Å². The predicted octanol–water partition coefficient (Wildman–Crippen LogP) is 6.05. The molecule has 0 saturated carbocycles. The molecule has 0 bridgehead atoms. The van der Waals surface area contributed by atoms with E-state index in [1.807, 2.05) is 0 Å². The normalized spacial score (nSPS) is 12.0. The second kappa shape index (κ2) is 5.43. The Balaban J connectivity index is 1.81. The van der Waals surface area contributed by atoms with Gasteiger partial charge in [0, 0.05) is 22.9 Å². The summed E-state index contributed by atoms with van der Waals surface area (Å²) in [6, 6.07) is 23.7. The third-order valence-corrected chi connectivity index (χ3v) is 5.35. The molecule has 2 heterocycles. The number of hydrogen-bond acceptors (Lipinski definition) is 2. The van der Waals surface area contributed by atoms with E-state index in [1.54, 1.807) is 11.3 Å². The number of nitrogens with zero attached hydrogens (tertiary/aromatic N) is 1. The summed E-state index contributed by atoms with van der Waals surface area (Å²) < 4.78 is 0. The number of fused-ring (bicyclic) bond motifs is 3. The molecule has 0 aliphatic heterocycles. The van der Waals surface area contributed by atoms with Crippen molar-refractivity contribution < 1.29 is 0 Å². The Kier molecular flexibility index (Phi) is 3.10. The average molecular weight is 325 g/mol. The highest BCUT2D eigenvalue weighted by atomic mass is 32.1. The summed E-state index contributed by atoms with van der Waals surface area (Å²) >= 11 is 1.71. The Hall–Kier alpha value is -2.71. The molecule has 1 aliphatic carbocycles. The van der Waals surface area contributed by atoms with Crippen molar-refractivity contribution in [1.29, 1.82) is 0 Å². The van der Waals surface area contributed by atoms with Crippen LogP contribution in [0.4, 0.5) is 0 Å². The molecule has 0 atom stereocenters. The molecule has 4 aromatic rings. The van der Waals surface area contributed by atoms with E-state index in [1.165, 1.54) is 33.4 Å². The number of rotatable bonds is 2. The molecule has 2 aromatic carbocycles. The number of aromatic nitrogens is 1. The lowest BCUT2D eigenvalue weighted by atomic mass is 9.97. The summed E-state index contributed by atoms with van der Waals surface area (Å²) in [5.41, 5.74) is 9.98. The zero-order valence-electron chi connectivity index (χ0n) is 13.1. The van der Waals surface area contributed by atoms with E-state index < -0.39 is 0 Å². The maximum atomic E-state index is 5.03.